The van der Waals surface area contributed by atoms with Crippen LogP contribution in [0.15, 0.2) is 36.4 Å². The largest absolute Gasteiger partial charge is 0.454 e. The van der Waals surface area contributed by atoms with Gasteiger partial charge in [-0.2, -0.15) is 0 Å². The number of carbonyl (C=O) groups excluding carboxylic acids is 2. The Hall–Kier alpha value is -2.73. The van der Waals surface area contributed by atoms with E-state index in [1.54, 1.807) is 12.1 Å². The molecule has 0 bridgehead atoms. The number of hydrogen-bond donors (Lipinski definition) is 2. The number of anilines is 1. The zero-order chi connectivity index (χ0) is 18.1. The van der Waals surface area contributed by atoms with Crippen molar-refractivity contribution >= 4 is 29.1 Å². The summed E-state index contributed by atoms with van der Waals surface area (Å²) in [5.74, 6) is 0.864. The molecular weight excluding hydrogens is 356 g/mol. The average Bonchev–Trinajstić information content (AvgIpc) is 3.38. The first kappa shape index (κ1) is 16.7. The van der Waals surface area contributed by atoms with E-state index >= 15 is 0 Å². The summed E-state index contributed by atoms with van der Waals surface area (Å²) in [5, 5.41) is 6.08. The minimum atomic E-state index is -0.266. The maximum Gasteiger partial charge on any atom is 0.251 e. The van der Waals surface area contributed by atoms with Gasteiger partial charge in [0.25, 0.3) is 5.91 Å². The van der Waals surface area contributed by atoms with Gasteiger partial charge in [0.15, 0.2) is 11.5 Å². The molecule has 1 saturated carbocycles. The molecule has 0 aromatic heterocycles. The summed E-state index contributed by atoms with van der Waals surface area (Å²) >= 11 is 6.11. The molecule has 0 radical (unpaired) electrons. The van der Waals surface area contributed by atoms with Gasteiger partial charge < -0.3 is 20.1 Å². The number of hydrogen-bond acceptors (Lipinski definition) is 4. The highest BCUT2D eigenvalue weighted by atomic mass is 35.5. The van der Waals surface area contributed by atoms with Crippen LogP contribution in [0.25, 0.3) is 0 Å². The van der Waals surface area contributed by atoms with Crippen molar-refractivity contribution in [3.8, 4) is 11.5 Å². The zero-order valence-electron chi connectivity index (χ0n) is 13.9. The Bertz CT molecular complexity index is 880. The van der Waals surface area contributed by atoms with E-state index in [-0.39, 0.29) is 24.5 Å². The number of amides is 2. The van der Waals surface area contributed by atoms with E-state index in [1.807, 2.05) is 24.3 Å². The second-order valence-electron chi connectivity index (χ2n) is 6.34. The summed E-state index contributed by atoms with van der Waals surface area (Å²) in [7, 11) is 0. The SMILES string of the molecule is O=C(NCc1cccc(NC(=O)C2CC2)c1)c1cc(Cl)c2c(c1)OCO2. The van der Waals surface area contributed by atoms with Crippen LogP contribution < -0.4 is 20.1 Å². The van der Waals surface area contributed by atoms with Crippen LogP contribution in [0.1, 0.15) is 28.8 Å². The predicted molar refractivity (Wildman–Crippen MR) is 96.5 cm³/mol. The van der Waals surface area contributed by atoms with Gasteiger partial charge in [-0.15, -0.1) is 0 Å². The lowest BCUT2D eigenvalue weighted by Crippen LogP contribution is -2.23. The Morgan fingerprint density at radius 2 is 2.00 bits per heavy atom. The van der Waals surface area contributed by atoms with Crippen molar-refractivity contribution in [1.29, 1.82) is 0 Å². The summed E-state index contributed by atoms with van der Waals surface area (Å²) in [5.41, 5.74) is 2.02. The zero-order valence-corrected chi connectivity index (χ0v) is 14.6. The Labute approximate surface area is 155 Å². The number of ether oxygens (including phenoxy) is 2. The fraction of sp³-hybridized carbons (Fsp3) is 0.263. The van der Waals surface area contributed by atoms with Crippen molar-refractivity contribution in [2.45, 2.75) is 19.4 Å². The number of benzene rings is 2. The van der Waals surface area contributed by atoms with E-state index in [0.29, 0.717) is 28.6 Å². The third kappa shape index (κ3) is 3.60. The van der Waals surface area contributed by atoms with Crippen LogP contribution >= 0.6 is 11.6 Å². The molecule has 0 spiro atoms. The molecule has 1 aliphatic carbocycles. The van der Waals surface area contributed by atoms with Gasteiger partial charge >= 0.3 is 0 Å². The molecule has 0 atom stereocenters. The van der Waals surface area contributed by atoms with Crippen LogP contribution in [0.2, 0.25) is 5.02 Å². The Morgan fingerprint density at radius 3 is 2.81 bits per heavy atom. The quantitative estimate of drug-likeness (QED) is 0.843. The normalized spacial score (nSPS) is 14.8. The van der Waals surface area contributed by atoms with Gasteiger partial charge in [-0.05, 0) is 42.7 Å². The molecule has 7 heteroatoms. The van der Waals surface area contributed by atoms with Gasteiger partial charge in [-0.25, -0.2) is 0 Å². The lowest BCUT2D eigenvalue weighted by molar-refractivity contribution is -0.117. The Kier molecular flexibility index (Phi) is 4.42. The number of rotatable bonds is 5. The Morgan fingerprint density at radius 1 is 1.15 bits per heavy atom. The smallest absolute Gasteiger partial charge is 0.251 e. The third-order valence-corrected chi connectivity index (χ3v) is 4.57. The summed E-state index contributed by atoms with van der Waals surface area (Å²) in [6.45, 7) is 0.428. The fourth-order valence-electron chi connectivity index (χ4n) is 2.73. The highest BCUT2D eigenvalue weighted by Gasteiger charge is 2.29. The molecule has 2 amide bonds. The first-order valence-electron chi connectivity index (χ1n) is 8.37. The fourth-order valence-corrected chi connectivity index (χ4v) is 3.00. The van der Waals surface area contributed by atoms with Crippen LogP contribution in [0.3, 0.4) is 0 Å². The monoisotopic (exact) mass is 372 g/mol. The van der Waals surface area contributed by atoms with Crippen LogP contribution in [0.5, 0.6) is 11.5 Å². The van der Waals surface area contributed by atoms with Crippen molar-refractivity contribution in [2.24, 2.45) is 5.92 Å². The number of fused-ring (bicyclic) bond motifs is 1. The summed E-state index contributed by atoms with van der Waals surface area (Å²) in [6, 6.07) is 10.6. The van der Waals surface area contributed by atoms with E-state index in [9.17, 15) is 9.59 Å². The molecule has 0 saturated heterocycles. The predicted octanol–water partition coefficient (Wildman–Crippen LogP) is 3.35. The van der Waals surface area contributed by atoms with Crippen LogP contribution in [0.4, 0.5) is 5.69 Å². The van der Waals surface area contributed by atoms with Crippen molar-refractivity contribution in [3.05, 3.63) is 52.5 Å². The van der Waals surface area contributed by atoms with Gasteiger partial charge in [0.1, 0.15) is 0 Å². The topological polar surface area (TPSA) is 76.7 Å². The highest BCUT2D eigenvalue weighted by Crippen LogP contribution is 2.39. The van der Waals surface area contributed by atoms with Gasteiger partial charge in [-0.1, -0.05) is 23.7 Å². The van der Waals surface area contributed by atoms with Crippen LogP contribution in [-0.4, -0.2) is 18.6 Å². The highest BCUT2D eigenvalue weighted by molar-refractivity contribution is 6.32. The van der Waals surface area contributed by atoms with E-state index in [4.69, 9.17) is 21.1 Å². The summed E-state index contributed by atoms with van der Waals surface area (Å²) in [4.78, 5) is 24.2. The lowest BCUT2D eigenvalue weighted by Gasteiger charge is -2.09. The molecule has 2 N–H and O–H groups in total. The standard InChI is InChI=1S/C19H17ClN2O4/c20-15-7-13(8-16-17(15)26-10-25-16)18(23)21-9-11-2-1-3-14(6-11)22-19(24)12-4-5-12/h1-3,6-8,12H,4-5,9-10H2,(H,21,23)(H,22,24). The molecule has 1 heterocycles. The summed E-state index contributed by atoms with van der Waals surface area (Å²) < 4.78 is 10.5. The van der Waals surface area contributed by atoms with Crippen LogP contribution in [-0.2, 0) is 11.3 Å². The van der Waals surface area contributed by atoms with Gasteiger partial charge in [-0.3, -0.25) is 9.59 Å². The van der Waals surface area contributed by atoms with E-state index in [0.717, 1.165) is 24.1 Å². The minimum Gasteiger partial charge on any atom is -0.454 e. The molecule has 134 valence electrons. The average molecular weight is 373 g/mol. The van der Waals surface area contributed by atoms with Gasteiger partial charge in [0.2, 0.25) is 12.7 Å². The molecule has 2 aromatic rings. The molecule has 0 unspecified atom stereocenters. The second-order valence-corrected chi connectivity index (χ2v) is 6.75. The minimum absolute atomic E-state index is 0.0567. The second kappa shape index (κ2) is 6.88. The number of nitrogens with one attached hydrogen (secondary N) is 2. The number of carbonyl (C=O) groups is 2. The van der Waals surface area contributed by atoms with Crippen molar-refractivity contribution < 1.29 is 19.1 Å². The van der Waals surface area contributed by atoms with Crippen molar-refractivity contribution in [3.63, 3.8) is 0 Å². The maximum atomic E-state index is 12.4. The lowest BCUT2D eigenvalue weighted by atomic mass is 10.1. The molecule has 2 aromatic carbocycles. The molecule has 6 nitrogen and oxygen atoms in total. The van der Waals surface area contributed by atoms with Gasteiger partial charge in [0.05, 0.1) is 5.02 Å². The first-order valence-corrected chi connectivity index (χ1v) is 8.75. The summed E-state index contributed by atoms with van der Waals surface area (Å²) in [6.07, 6.45) is 1.92. The molecule has 4 rings (SSSR count). The molecule has 1 fully saturated rings. The third-order valence-electron chi connectivity index (χ3n) is 4.29. The van der Waals surface area contributed by atoms with E-state index in [1.165, 1.54) is 0 Å². The van der Waals surface area contributed by atoms with Gasteiger partial charge in [0, 0.05) is 23.7 Å². The molecule has 2 aliphatic rings. The molecular formula is C19H17ClN2O4. The number of halogens is 1. The maximum absolute atomic E-state index is 12.4. The van der Waals surface area contributed by atoms with E-state index < -0.39 is 0 Å². The van der Waals surface area contributed by atoms with Crippen molar-refractivity contribution in [1.82, 2.24) is 5.32 Å². The first-order chi connectivity index (χ1) is 12.6. The molecule has 26 heavy (non-hydrogen) atoms. The van der Waals surface area contributed by atoms with E-state index in [2.05, 4.69) is 10.6 Å². The van der Waals surface area contributed by atoms with Crippen molar-refractivity contribution in [2.75, 3.05) is 12.1 Å². The van der Waals surface area contributed by atoms with Crippen LogP contribution in [0, 0.1) is 5.92 Å². The Balaban J connectivity index is 1.40. The molecule has 1 aliphatic heterocycles.